The van der Waals surface area contributed by atoms with Crippen LogP contribution in [0.15, 0.2) is 0 Å². The minimum Gasteiger partial charge on any atom is -0.311 e. The summed E-state index contributed by atoms with van der Waals surface area (Å²) < 4.78 is 0. The lowest BCUT2D eigenvalue weighted by Crippen LogP contribution is -2.53. The molecule has 0 bridgehead atoms. The Morgan fingerprint density at radius 2 is 2.13 bits per heavy atom. The largest absolute Gasteiger partial charge is 0.311 e. The van der Waals surface area contributed by atoms with Crippen LogP contribution in [-0.2, 0) is 0 Å². The summed E-state index contributed by atoms with van der Waals surface area (Å²) >= 11 is 0. The van der Waals surface area contributed by atoms with Crippen molar-refractivity contribution >= 4 is 0 Å². The monoisotopic (exact) mass is 210 g/mol. The fraction of sp³-hybridized carbons (Fsp3) is 1.00. The maximum atomic E-state index is 3.60. The molecule has 1 aliphatic carbocycles. The van der Waals surface area contributed by atoms with Crippen LogP contribution in [0.1, 0.15) is 46.0 Å². The number of rotatable bonds is 5. The molecule has 2 aliphatic rings. The van der Waals surface area contributed by atoms with Gasteiger partial charge in [0.25, 0.3) is 0 Å². The van der Waals surface area contributed by atoms with Gasteiger partial charge in [0.05, 0.1) is 0 Å². The van der Waals surface area contributed by atoms with E-state index in [4.69, 9.17) is 0 Å². The molecule has 1 aliphatic heterocycles. The maximum absolute atomic E-state index is 3.60. The van der Waals surface area contributed by atoms with Crippen LogP contribution in [0.4, 0.5) is 0 Å². The fourth-order valence-corrected chi connectivity index (χ4v) is 2.77. The quantitative estimate of drug-likeness (QED) is 0.749. The predicted molar refractivity (Wildman–Crippen MR) is 65.1 cm³/mol. The molecule has 15 heavy (non-hydrogen) atoms. The van der Waals surface area contributed by atoms with Gasteiger partial charge >= 0.3 is 0 Å². The summed E-state index contributed by atoms with van der Waals surface area (Å²) in [5, 5.41) is 3.60. The minimum atomic E-state index is 0.743. The van der Waals surface area contributed by atoms with Crippen LogP contribution in [0.2, 0.25) is 0 Å². The summed E-state index contributed by atoms with van der Waals surface area (Å²) in [6.07, 6.45) is 7.08. The molecular formula is C13H26N2. The molecular weight excluding hydrogens is 184 g/mol. The van der Waals surface area contributed by atoms with Crippen molar-refractivity contribution in [3.8, 4) is 0 Å². The van der Waals surface area contributed by atoms with E-state index in [1.165, 1.54) is 51.7 Å². The highest BCUT2D eigenvalue weighted by molar-refractivity contribution is 4.86. The molecule has 0 spiro atoms. The van der Waals surface area contributed by atoms with Crippen molar-refractivity contribution in [2.45, 2.75) is 58.0 Å². The van der Waals surface area contributed by atoms with E-state index in [9.17, 15) is 0 Å². The van der Waals surface area contributed by atoms with Gasteiger partial charge in [-0.2, -0.15) is 0 Å². The van der Waals surface area contributed by atoms with E-state index in [0.29, 0.717) is 0 Å². The van der Waals surface area contributed by atoms with Gasteiger partial charge in [0, 0.05) is 31.7 Å². The van der Waals surface area contributed by atoms with E-state index < -0.39 is 0 Å². The molecule has 0 aromatic carbocycles. The maximum Gasteiger partial charge on any atom is 0.0193 e. The zero-order valence-electron chi connectivity index (χ0n) is 10.3. The molecule has 0 amide bonds. The van der Waals surface area contributed by atoms with Gasteiger partial charge in [-0.15, -0.1) is 0 Å². The molecule has 2 rings (SSSR count). The van der Waals surface area contributed by atoms with Gasteiger partial charge in [-0.05, 0) is 25.2 Å². The van der Waals surface area contributed by atoms with Crippen LogP contribution in [0.3, 0.4) is 0 Å². The third-order valence-corrected chi connectivity index (χ3v) is 4.07. The van der Waals surface area contributed by atoms with Crippen molar-refractivity contribution in [1.82, 2.24) is 10.2 Å². The van der Waals surface area contributed by atoms with Crippen LogP contribution >= 0.6 is 0 Å². The highest BCUT2D eigenvalue weighted by atomic mass is 15.2. The Balaban J connectivity index is 1.82. The summed E-state index contributed by atoms with van der Waals surface area (Å²) in [6, 6.07) is 1.61. The first-order chi connectivity index (χ1) is 7.33. The molecule has 1 heterocycles. The third kappa shape index (κ3) is 3.18. The third-order valence-electron chi connectivity index (χ3n) is 4.07. The number of hydrogen-bond donors (Lipinski definition) is 1. The standard InChI is InChI=1S/C13H26N2/c1-3-12-10-15(8-7-14-12)13(4-2)9-11-5-6-11/h11-14H,3-10H2,1-2H3. The average Bonchev–Trinajstić information content (AvgIpc) is 3.10. The SMILES string of the molecule is CCC1CN(C(CC)CC2CC2)CCN1. The molecule has 1 saturated heterocycles. The first-order valence-corrected chi connectivity index (χ1v) is 6.80. The Bertz CT molecular complexity index is 189. The molecule has 1 N–H and O–H groups in total. The van der Waals surface area contributed by atoms with Crippen LogP contribution < -0.4 is 5.32 Å². The highest BCUT2D eigenvalue weighted by Gasteiger charge is 2.29. The summed E-state index contributed by atoms with van der Waals surface area (Å²) in [4.78, 5) is 2.74. The van der Waals surface area contributed by atoms with Crippen molar-refractivity contribution in [2.75, 3.05) is 19.6 Å². The minimum absolute atomic E-state index is 0.743. The van der Waals surface area contributed by atoms with Crippen LogP contribution in [0.25, 0.3) is 0 Å². The van der Waals surface area contributed by atoms with Crippen LogP contribution in [0.5, 0.6) is 0 Å². The number of piperazine rings is 1. The zero-order chi connectivity index (χ0) is 10.7. The number of nitrogens with one attached hydrogen (secondary N) is 1. The van der Waals surface area contributed by atoms with Crippen molar-refractivity contribution in [1.29, 1.82) is 0 Å². The van der Waals surface area contributed by atoms with Crippen molar-refractivity contribution in [2.24, 2.45) is 5.92 Å². The molecule has 2 unspecified atom stereocenters. The summed E-state index contributed by atoms with van der Waals surface area (Å²) in [5.41, 5.74) is 0. The lowest BCUT2D eigenvalue weighted by Gasteiger charge is -2.38. The summed E-state index contributed by atoms with van der Waals surface area (Å²) in [5.74, 6) is 1.07. The second-order valence-corrected chi connectivity index (χ2v) is 5.30. The molecule has 0 radical (unpaired) electrons. The predicted octanol–water partition coefficient (Wildman–Crippen LogP) is 2.25. The smallest absolute Gasteiger partial charge is 0.0193 e. The van der Waals surface area contributed by atoms with Gasteiger partial charge in [-0.3, -0.25) is 4.90 Å². The average molecular weight is 210 g/mol. The molecule has 2 atom stereocenters. The van der Waals surface area contributed by atoms with Gasteiger partial charge in [0.2, 0.25) is 0 Å². The zero-order valence-corrected chi connectivity index (χ0v) is 10.3. The molecule has 2 fully saturated rings. The Kier molecular flexibility index (Phi) is 4.04. The van der Waals surface area contributed by atoms with E-state index in [1.807, 2.05) is 0 Å². The lowest BCUT2D eigenvalue weighted by molar-refractivity contribution is 0.128. The molecule has 1 saturated carbocycles. The molecule has 2 nitrogen and oxygen atoms in total. The Labute approximate surface area is 94.4 Å². The normalized spacial score (nSPS) is 30.4. The van der Waals surface area contributed by atoms with Crippen LogP contribution in [-0.4, -0.2) is 36.6 Å². The van der Waals surface area contributed by atoms with E-state index in [0.717, 1.165) is 18.0 Å². The van der Waals surface area contributed by atoms with E-state index in [1.54, 1.807) is 0 Å². The Morgan fingerprint density at radius 3 is 2.73 bits per heavy atom. The van der Waals surface area contributed by atoms with Gasteiger partial charge in [0.1, 0.15) is 0 Å². The van der Waals surface area contributed by atoms with Gasteiger partial charge in [-0.1, -0.05) is 26.7 Å². The molecule has 88 valence electrons. The van der Waals surface area contributed by atoms with Gasteiger partial charge < -0.3 is 5.32 Å². The topological polar surface area (TPSA) is 15.3 Å². The molecule has 2 heteroatoms. The summed E-state index contributed by atoms with van der Waals surface area (Å²) in [7, 11) is 0. The second-order valence-electron chi connectivity index (χ2n) is 5.30. The van der Waals surface area contributed by atoms with Crippen molar-refractivity contribution in [3.05, 3.63) is 0 Å². The Hall–Kier alpha value is -0.0800. The van der Waals surface area contributed by atoms with Crippen LogP contribution in [0, 0.1) is 5.92 Å². The van der Waals surface area contributed by atoms with Crippen molar-refractivity contribution < 1.29 is 0 Å². The van der Waals surface area contributed by atoms with Gasteiger partial charge in [-0.25, -0.2) is 0 Å². The second kappa shape index (κ2) is 5.31. The highest BCUT2D eigenvalue weighted by Crippen LogP contribution is 2.35. The Morgan fingerprint density at radius 1 is 1.33 bits per heavy atom. The number of hydrogen-bond acceptors (Lipinski definition) is 2. The fourth-order valence-electron chi connectivity index (χ4n) is 2.77. The first-order valence-electron chi connectivity index (χ1n) is 6.80. The number of nitrogens with zero attached hydrogens (tertiary/aromatic N) is 1. The van der Waals surface area contributed by atoms with E-state index >= 15 is 0 Å². The van der Waals surface area contributed by atoms with E-state index in [-0.39, 0.29) is 0 Å². The summed E-state index contributed by atoms with van der Waals surface area (Å²) in [6.45, 7) is 8.39. The van der Waals surface area contributed by atoms with Gasteiger partial charge in [0.15, 0.2) is 0 Å². The lowest BCUT2D eigenvalue weighted by atomic mass is 10.0. The first kappa shape index (κ1) is 11.4. The van der Waals surface area contributed by atoms with E-state index in [2.05, 4.69) is 24.1 Å². The molecule has 0 aromatic heterocycles. The molecule has 0 aromatic rings. The van der Waals surface area contributed by atoms with Crippen molar-refractivity contribution in [3.63, 3.8) is 0 Å².